The van der Waals surface area contributed by atoms with Crippen molar-refractivity contribution >= 4 is 5.96 Å². The highest BCUT2D eigenvalue weighted by Gasteiger charge is 2.15. The fourth-order valence-electron chi connectivity index (χ4n) is 2.80. The van der Waals surface area contributed by atoms with E-state index in [0.29, 0.717) is 12.6 Å². The number of aliphatic imine (C=N–C) groups is 1. The topological polar surface area (TPSA) is 76.4 Å². The molecule has 0 aromatic carbocycles. The molecule has 0 saturated carbocycles. The lowest BCUT2D eigenvalue weighted by Crippen LogP contribution is -2.41. The smallest absolute Gasteiger partial charge is 0.191 e. The SMILES string of the molecule is CCNC(=NCc1ccc(-n2ccnc2C)nc1)NCC1CCCO1. The number of ether oxygens (including phenoxy) is 1. The predicted octanol–water partition coefficient (Wildman–Crippen LogP) is 1.81. The van der Waals surface area contributed by atoms with Crippen LogP contribution in [-0.2, 0) is 11.3 Å². The van der Waals surface area contributed by atoms with E-state index in [1.54, 1.807) is 6.20 Å². The van der Waals surface area contributed by atoms with Gasteiger partial charge in [-0.1, -0.05) is 6.07 Å². The van der Waals surface area contributed by atoms with Gasteiger partial charge in [0.15, 0.2) is 5.96 Å². The number of hydrogen-bond acceptors (Lipinski definition) is 4. The standard InChI is InChI=1S/C18H26N6O/c1-3-19-18(23-13-16-5-4-10-25-16)22-12-15-6-7-17(21-11-15)24-9-8-20-14(24)2/h6-9,11,16H,3-5,10,12-13H2,1-2H3,(H2,19,22,23). The molecule has 1 aliphatic heterocycles. The van der Waals surface area contributed by atoms with E-state index in [2.05, 4.69) is 38.6 Å². The minimum Gasteiger partial charge on any atom is -0.376 e. The van der Waals surface area contributed by atoms with Gasteiger partial charge in [-0.05, 0) is 38.3 Å². The second kappa shape index (κ2) is 8.62. The summed E-state index contributed by atoms with van der Waals surface area (Å²) in [5.74, 6) is 2.60. The van der Waals surface area contributed by atoms with Crippen LogP contribution in [0.1, 0.15) is 31.2 Å². The summed E-state index contributed by atoms with van der Waals surface area (Å²) in [6, 6.07) is 4.04. The number of aromatic nitrogens is 3. The van der Waals surface area contributed by atoms with Gasteiger partial charge in [-0.25, -0.2) is 15.0 Å². The van der Waals surface area contributed by atoms with Gasteiger partial charge in [-0.3, -0.25) is 4.57 Å². The normalized spacial score (nSPS) is 17.7. The highest BCUT2D eigenvalue weighted by atomic mass is 16.5. The molecule has 2 aromatic heterocycles. The van der Waals surface area contributed by atoms with Crippen molar-refractivity contribution in [1.29, 1.82) is 0 Å². The first-order valence-corrected chi connectivity index (χ1v) is 8.85. The predicted molar refractivity (Wildman–Crippen MR) is 97.9 cm³/mol. The van der Waals surface area contributed by atoms with Crippen molar-refractivity contribution in [1.82, 2.24) is 25.2 Å². The molecule has 1 saturated heterocycles. The van der Waals surface area contributed by atoms with Crippen molar-refractivity contribution in [3.63, 3.8) is 0 Å². The first-order chi connectivity index (χ1) is 12.3. The maximum atomic E-state index is 5.64. The lowest BCUT2D eigenvalue weighted by Gasteiger charge is -2.14. The summed E-state index contributed by atoms with van der Waals surface area (Å²) < 4.78 is 7.60. The summed E-state index contributed by atoms with van der Waals surface area (Å²) in [5, 5.41) is 6.62. The highest BCUT2D eigenvalue weighted by Crippen LogP contribution is 2.11. The fourth-order valence-corrected chi connectivity index (χ4v) is 2.80. The van der Waals surface area contributed by atoms with Crippen LogP contribution in [0.3, 0.4) is 0 Å². The van der Waals surface area contributed by atoms with E-state index < -0.39 is 0 Å². The Morgan fingerprint density at radius 2 is 2.28 bits per heavy atom. The summed E-state index contributed by atoms with van der Waals surface area (Å²) in [6.07, 6.45) is 8.11. The number of nitrogens with one attached hydrogen (secondary N) is 2. The minimum atomic E-state index is 0.295. The van der Waals surface area contributed by atoms with Gasteiger partial charge in [0.1, 0.15) is 11.6 Å². The zero-order valence-electron chi connectivity index (χ0n) is 14.9. The summed E-state index contributed by atoms with van der Waals surface area (Å²) in [5.41, 5.74) is 1.07. The highest BCUT2D eigenvalue weighted by molar-refractivity contribution is 5.79. The molecule has 3 heterocycles. The van der Waals surface area contributed by atoms with Crippen molar-refractivity contribution in [2.24, 2.45) is 4.99 Å². The third kappa shape index (κ3) is 4.79. The molecule has 0 spiro atoms. The van der Waals surface area contributed by atoms with Crippen LogP contribution in [0.2, 0.25) is 0 Å². The molecule has 0 bridgehead atoms. The third-order valence-corrected chi connectivity index (χ3v) is 4.17. The van der Waals surface area contributed by atoms with E-state index in [1.165, 1.54) is 0 Å². The van der Waals surface area contributed by atoms with Gasteiger partial charge >= 0.3 is 0 Å². The van der Waals surface area contributed by atoms with Crippen molar-refractivity contribution < 1.29 is 4.74 Å². The first-order valence-electron chi connectivity index (χ1n) is 8.85. The van der Waals surface area contributed by atoms with Crippen molar-refractivity contribution in [2.75, 3.05) is 19.7 Å². The zero-order valence-corrected chi connectivity index (χ0v) is 14.9. The molecule has 1 atom stereocenters. The molecule has 1 aliphatic rings. The molecule has 3 rings (SSSR count). The molecule has 1 fully saturated rings. The largest absolute Gasteiger partial charge is 0.376 e. The number of rotatable bonds is 6. The summed E-state index contributed by atoms with van der Waals surface area (Å²) in [6.45, 7) is 7.10. The van der Waals surface area contributed by atoms with E-state index >= 15 is 0 Å². The van der Waals surface area contributed by atoms with Crippen molar-refractivity contribution in [3.05, 3.63) is 42.1 Å². The van der Waals surface area contributed by atoms with Gasteiger partial charge in [0.05, 0.1) is 12.6 Å². The maximum absolute atomic E-state index is 5.64. The average molecular weight is 342 g/mol. The lowest BCUT2D eigenvalue weighted by atomic mass is 10.2. The monoisotopic (exact) mass is 342 g/mol. The van der Waals surface area contributed by atoms with Crippen LogP contribution >= 0.6 is 0 Å². The Labute approximate surface area is 148 Å². The van der Waals surface area contributed by atoms with Crippen LogP contribution in [0.4, 0.5) is 0 Å². The summed E-state index contributed by atoms with van der Waals surface area (Å²) in [7, 11) is 0. The quantitative estimate of drug-likeness (QED) is 0.618. The van der Waals surface area contributed by atoms with Crippen LogP contribution in [0.5, 0.6) is 0 Å². The number of nitrogens with zero attached hydrogens (tertiary/aromatic N) is 4. The number of pyridine rings is 1. The second-order valence-corrected chi connectivity index (χ2v) is 6.08. The van der Waals surface area contributed by atoms with Gasteiger partial charge in [-0.2, -0.15) is 0 Å². The van der Waals surface area contributed by atoms with E-state index in [9.17, 15) is 0 Å². The number of imidazole rings is 1. The van der Waals surface area contributed by atoms with Crippen LogP contribution in [-0.4, -0.2) is 46.3 Å². The number of guanidine groups is 1. The van der Waals surface area contributed by atoms with Gasteiger partial charge < -0.3 is 15.4 Å². The number of hydrogen-bond donors (Lipinski definition) is 2. The van der Waals surface area contributed by atoms with Gasteiger partial charge in [0.2, 0.25) is 0 Å². The summed E-state index contributed by atoms with van der Waals surface area (Å²) >= 11 is 0. The molecule has 2 aromatic rings. The molecule has 2 N–H and O–H groups in total. The molecule has 1 unspecified atom stereocenters. The van der Waals surface area contributed by atoms with Gasteiger partial charge in [0, 0.05) is 38.3 Å². The van der Waals surface area contributed by atoms with E-state index in [0.717, 1.165) is 55.7 Å². The van der Waals surface area contributed by atoms with Crippen LogP contribution in [0.15, 0.2) is 35.7 Å². The summed E-state index contributed by atoms with van der Waals surface area (Å²) in [4.78, 5) is 13.4. The Balaban J connectivity index is 1.58. The molecule has 134 valence electrons. The molecule has 25 heavy (non-hydrogen) atoms. The van der Waals surface area contributed by atoms with Crippen LogP contribution in [0, 0.1) is 6.92 Å². The molecule has 0 aliphatic carbocycles. The second-order valence-electron chi connectivity index (χ2n) is 6.08. The van der Waals surface area contributed by atoms with Crippen LogP contribution in [0.25, 0.3) is 5.82 Å². The lowest BCUT2D eigenvalue weighted by molar-refractivity contribution is 0.114. The molecular formula is C18H26N6O. The Bertz CT molecular complexity index is 688. The van der Waals surface area contributed by atoms with E-state index in [-0.39, 0.29) is 0 Å². The molecule has 7 heteroatoms. The van der Waals surface area contributed by atoms with Crippen LogP contribution < -0.4 is 10.6 Å². The first kappa shape index (κ1) is 17.4. The van der Waals surface area contributed by atoms with Crippen molar-refractivity contribution in [3.8, 4) is 5.82 Å². The van der Waals surface area contributed by atoms with Gasteiger partial charge in [0.25, 0.3) is 0 Å². The van der Waals surface area contributed by atoms with E-state index in [4.69, 9.17) is 4.74 Å². The minimum absolute atomic E-state index is 0.295. The maximum Gasteiger partial charge on any atom is 0.191 e. The molecule has 0 amide bonds. The fraction of sp³-hybridized carbons (Fsp3) is 0.500. The van der Waals surface area contributed by atoms with Crippen molar-refractivity contribution in [2.45, 2.75) is 39.3 Å². The Morgan fingerprint density at radius 1 is 1.36 bits per heavy atom. The Morgan fingerprint density at radius 3 is 2.92 bits per heavy atom. The molecule has 7 nitrogen and oxygen atoms in total. The number of aryl methyl sites for hydroxylation is 1. The average Bonchev–Trinajstić information content (AvgIpc) is 3.29. The Kier molecular flexibility index (Phi) is 6.00. The third-order valence-electron chi connectivity index (χ3n) is 4.17. The van der Waals surface area contributed by atoms with Gasteiger partial charge in [-0.15, -0.1) is 0 Å². The zero-order chi connectivity index (χ0) is 17.5. The molecule has 0 radical (unpaired) electrons. The molecular weight excluding hydrogens is 316 g/mol. The Hall–Kier alpha value is -2.41. The van der Waals surface area contributed by atoms with E-state index in [1.807, 2.05) is 30.0 Å².